The number of amides is 1. The summed E-state index contributed by atoms with van der Waals surface area (Å²) in [6.45, 7) is 8.80. The summed E-state index contributed by atoms with van der Waals surface area (Å²) >= 11 is 0. The van der Waals surface area contributed by atoms with Crippen LogP contribution in [0.3, 0.4) is 0 Å². The molecule has 0 atom stereocenters. The molecule has 1 heterocycles. The first-order valence-electron chi connectivity index (χ1n) is 7.73. The molecule has 0 aromatic carbocycles. The average Bonchev–Trinajstić information content (AvgIpc) is 2.41. The van der Waals surface area contributed by atoms with E-state index < -0.39 is 0 Å². The SMILES string of the molecule is CC(C)COCCCNC(=O)CCC1CCNCC1. The first kappa shape index (κ1) is 16.4. The summed E-state index contributed by atoms with van der Waals surface area (Å²) < 4.78 is 5.47. The molecule has 0 bridgehead atoms. The number of hydrogen-bond acceptors (Lipinski definition) is 3. The number of rotatable bonds is 9. The van der Waals surface area contributed by atoms with Gasteiger partial charge in [0.25, 0.3) is 0 Å². The summed E-state index contributed by atoms with van der Waals surface area (Å²) in [6.07, 6.45) is 5.06. The van der Waals surface area contributed by atoms with Crippen molar-refractivity contribution in [3.63, 3.8) is 0 Å². The van der Waals surface area contributed by atoms with Gasteiger partial charge < -0.3 is 15.4 Å². The van der Waals surface area contributed by atoms with Gasteiger partial charge >= 0.3 is 0 Å². The Kier molecular flexibility index (Phi) is 8.84. The van der Waals surface area contributed by atoms with E-state index in [1.54, 1.807) is 0 Å². The van der Waals surface area contributed by atoms with Crippen LogP contribution in [0.4, 0.5) is 0 Å². The molecule has 0 spiro atoms. The van der Waals surface area contributed by atoms with Gasteiger partial charge in [-0.3, -0.25) is 4.79 Å². The van der Waals surface area contributed by atoms with Crippen molar-refractivity contribution in [1.29, 1.82) is 0 Å². The number of carbonyl (C=O) groups excluding carboxylic acids is 1. The molecule has 0 radical (unpaired) electrons. The minimum absolute atomic E-state index is 0.197. The summed E-state index contributed by atoms with van der Waals surface area (Å²) in [5, 5.41) is 6.33. The maximum absolute atomic E-state index is 11.7. The second kappa shape index (κ2) is 10.2. The number of carbonyl (C=O) groups is 1. The minimum Gasteiger partial charge on any atom is -0.381 e. The maximum atomic E-state index is 11.7. The highest BCUT2D eigenvalue weighted by Gasteiger charge is 2.14. The molecule has 1 fully saturated rings. The molecule has 1 rings (SSSR count). The van der Waals surface area contributed by atoms with Crippen LogP contribution in [0.5, 0.6) is 0 Å². The van der Waals surface area contributed by atoms with Crippen LogP contribution in [0.25, 0.3) is 0 Å². The van der Waals surface area contributed by atoms with Crippen LogP contribution in [0, 0.1) is 11.8 Å². The van der Waals surface area contributed by atoms with Crippen molar-refractivity contribution in [3.05, 3.63) is 0 Å². The second-order valence-electron chi connectivity index (χ2n) is 5.90. The Morgan fingerprint density at radius 2 is 2.11 bits per heavy atom. The Balaban J connectivity index is 1.90. The van der Waals surface area contributed by atoms with Crippen molar-refractivity contribution in [1.82, 2.24) is 10.6 Å². The van der Waals surface area contributed by atoms with Crippen molar-refractivity contribution in [2.24, 2.45) is 11.8 Å². The Morgan fingerprint density at radius 3 is 2.79 bits per heavy atom. The monoisotopic (exact) mass is 270 g/mol. The Hall–Kier alpha value is -0.610. The molecule has 1 aliphatic heterocycles. The second-order valence-corrected chi connectivity index (χ2v) is 5.90. The number of ether oxygens (including phenoxy) is 1. The van der Waals surface area contributed by atoms with Gasteiger partial charge in [-0.1, -0.05) is 13.8 Å². The molecule has 1 amide bonds. The zero-order valence-electron chi connectivity index (χ0n) is 12.5. The van der Waals surface area contributed by atoms with Crippen molar-refractivity contribution < 1.29 is 9.53 Å². The van der Waals surface area contributed by atoms with Gasteiger partial charge in [-0.05, 0) is 50.6 Å². The zero-order valence-corrected chi connectivity index (χ0v) is 12.5. The van der Waals surface area contributed by atoms with Gasteiger partial charge in [-0.25, -0.2) is 0 Å². The number of hydrogen-bond donors (Lipinski definition) is 2. The fraction of sp³-hybridized carbons (Fsp3) is 0.933. The quantitative estimate of drug-likeness (QED) is 0.630. The molecule has 0 unspecified atom stereocenters. The maximum Gasteiger partial charge on any atom is 0.220 e. The number of nitrogens with one attached hydrogen (secondary N) is 2. The van der Waals surface area contributed by atoms with Crippen molar-refractivity contribution >= 4 is 5.91 Å². The summed E-state index contributed by atoms with van der Waals surface area (Å²) in [4.78, 5) is 11.7. The normalized spacial score (nSPS) is 16.8. The molecule has 0 aromatic heterocycles. The first-order valence-corrected chi connectivity index (χ1v) is 7.73. The largest absolute Gasteiger partial charge is 0.381 e. The van der Waals surface area contributed by atoms with E-state index in [9.17, 15) is 4.79 Å². The summed E-state index contributed by atoms with van der Waals surface area (Å²) in [6, 6.07) is 0. The van der Waals surface area contributed by atoms with E-state index >= 15 is 0 Å². The standard InChI is InChI=1S/C15H30N2O2/c1-13(2)12-19-11-3-8-17-15(18)5-4-14-6-9-16-10-7-14/h13-14,16H,3-12H2,1-2H3,(H,17,18). The molecular formula is C15H30N2O2. The Morgan fingerprint density at radius 1 is 1.37 bits per heavy atom. The van der Waals surface area contributed by atoms with Gasteiger partial charge in [-0.2, -0.15) is 0 Å². The fourth-order valence-corrected chi connectivity index (χ4v) is 2.32. The average molecular weight is 270 g/mol. The lowest BCUT2D eigenvalue weighted by atomic mass is 9.93. The molecule has 2 N–H and O–H groups in total. The van der Waals surface area contributed by atoms with E-state index in [0.717, 1.165) is 51.6 Å². The van der Waals surface area contributed by atoms with E-state index in [2.05, 4.69) is 24.5 Å². The van der Waals surface area contributed by atoms with Crippen LogP contribution in [0.2, 0.25) is 0 Å². The third-order valence-corrected chi connectivity index (χ3v) is 3.48. The zero-order chi connectivity index (χ0) is 13.9. The summed E-state index contributed by atoms with van der Waals surface area (Å²) in [5.41, 5.74) is 0. The smallest absolute Gasteiger partial charge is 0.220 e. The fourth-order valence-electron chi connectivity index (χ4n) is 2.32. The molecule has 0 aromatic rings. The topological polar surface area (TPSA) is 50.4 Å². The number of piperidine rings is 1. The molecule has 1 aliphatic rings. The predicted octanol–water partition coefficient (Wildman–Crippen LogP) is 1.95. The lowest BCUT2D eigenvalue weighted by Gasteiger charge is -2.22. The predicted molar refractivity (Wildman–Crippen MR) is 78.1 cm³/mol. The molecule has 4 heteroatoms. The van der Waals surface area contributed by atoms with Crippen molar-refractivity contribution in [3.8, 4) is 0 Å². The van der Waals surface area contributed by atoms with Gasteiger partial charge in [0.05, 0.1) is 0 Å². The highest BCUT2D eigenvalue weighted by Crippen LogP contribution is 2.17. The highest BCUT2D eigenvalue weighted by atomic mass is 16.5. The highest BCUT2D eigenvalue weighted by molar-refractivity contribution is 5.75. The first-order chi connectivity index (χ1) is 9.18. The van der Waals surface area contributed by atoms with E-state index in [-0.39, 0.29) is 5.91 Å². The third kappa shape index (κ3) is 9.00. The van der Waals surface area contributed by atoms with Gasteiger partial charge in [0.15, 0.2) is 0 Å². The summed E-state index contributed by atoms with van der Waals surface area (Å²) in [5.74, 6) is 1.52. The van der Waals surface area contributed by atoms with Gasteiger partial charge in [0.2, 0.25) is 5.91 Å². The van der Waals surface area contributed by atoms with Crippen LogP contribution in [-0.2, 0) is 9.53 Å². The van der Waals surface area contributed by atoms with Crippen LogP contribution >= 0.6 is 0 Å². The summed E-state index contributed by atoms with van der Waals surface area (Å²) in [7, 11) is 0. The van der Waals surface area contributed by atoms with Crippen LogP contribution in [0.15, 0.2) is 0 Å². The van der Waals surface area contributed by atoms with Crippen LogP contribution < -0.4 is 10.6 Å². The van der Waals surface area contributed by atoms with E-state index in [1.165, 1.54) is 12.8 Å². The molecule has 0 aliphatic carbocycles. The van der Waals surface area contributed by atoms with Crippen molar-refractivity contribution in [2.45, 2.75) is 46.0 Å². The van der Waals surface area contributed by atoms with E-state index in [4.69, 9.17) is 4.74 Å². The molecule has 19 heavy (non-hydrogen) atoms. The van der Waals surface area contributed by atoms with E-state index in [0.29, 0.717) is 12.3 Å². The van der Waals surface area contributed by atoms with Gasteiger partial charge in [0.1, 0.15) is 0 Å². The van der Waals surface area contributed by atoms with Gasteiger partial charge in [-0.15, -0.1) is 0 Å². The molecular weight excluding hydrogens is 240 g/mol. The molecule has 112 valence electrons. The van der Waals surface area contributed by atoms with Crippen LogP contribution in [-0.4, -0.2) is 38.8 Å². The van der Waals surface area contributed by atoms with E-state index in [1.807, 2.05) is 0 Å². The molecule has 1 saturated heterocycles. The molecule has 0 saturated carbocycles. The van der Waals surface area contributed by atoms with Crippen molar-refractivity contribution in [2.75, 3.05) is 32.8 Å². The Labute approximate surface area is 117 Å². The lowest BCUT2D eigenvalue weighted by molar-refractivity contribution is -0.121. The van der Waals surface area contributed by atoms with Gasteiger partial charge in [0, 0.05) is 26.2 Å². The third-order valence-electron chi connectivity index (χ3n) is 3.48. The Bertz CT molecular complexity index is 238. The molecule has 4 nitrogen and oxygen atoms in total. The minimum atomic E-state index is 0.197. The lowest BCUT2D eigenvalue weighted by Crippen LogP contribution is -2.30. The van der Waals surface area contributed by atoms with Crippen LogP contribution in [0.1, 0.15) is 46.0 Å².